The maximum Gasteiger partial charge on any atom is 0.164 e. The zero-order valence-corrected chi connectivity index (χ0v) is 22.5. The summed E-state index contributed by atoms with van der Waals surface area (Å²) in [4.78, 5) is 15.0. The van der Waals surface area contributed by atoms with Crippen LogP contribution < -0.4 is 0 Å². The van der Waals surface area contributed by atoms with E-state index in [0.717, 1.165) is 60.1 Å². The molecule has 1 aliphatic rings. The van der Waals surface area contributed by atoms with Crippen LogP contribution in [0.2, 0.25) is 0 Å². The Bertz CT molecular complexity index is 2200. The standard InChI is InChI=1S/C37H23N5/c38-32-18-17-25-13-11-24-12-16-30(21-31(24)33(25)34(32)39)37-41-35(28-14-9-22-5-1-3-7-26(22)19-28)40-36(42-37)29-15-10-23-6-2-4-8-27(23)20-29/h1-21,38-39H. The average Bonchev–Trinajstić information content (AvgIpc) is 3.05. The molecular weight excluding hydrogens is 514 g/mol. The number of benzene rings is 6. The molecule has 0 radical (unpaired) electrons. The van der Waals surface area contributed by atoms with E-state index in [2.05, 4.69) is 66.7 Å². The first-order valence-electron chi connectivity index (χ1n) is 13.8. The molecule has 0 amide bonds. The van der Waals surface area contributed by atoms with Crippen LogP contribution in [0.1, 0.15) is 11.1 Å². The summed E-state index contributed by atoms with van der Waals surface area (Å²) in [5.74, 6) is 1.76. The summed E-state index contributed by atoms with van der Waals surface area (Å²) in [7, 11) is 0. The fourth-order valence-corrected chi connectivity index (χ4v) is 5.70. The SMILES string of the molecule is N=C1C=Cc2ccc3ccc(-c4nc(-c5ccc6ccccc6c5)nc(-c5ccc6ccccc6c5)n4)cc3c2C1=N. The van der Waals surface area contributed by atoms with Gasteiger partial charge in [0, 0.05) is 22.3 Å². The van der Waals surface area contributed by atoms with Crippen LogP contribution in [-0.4, -0.2) is 26.4 Å². The summed E-state index contributed by atoms with van der Waals surface area (Å²) in [5, 5.41) is 23.3. The predicted octanol–water partition coefficient (Wildman–Crippen LogP) is 8.75. The number of hydrogen-bond donors (Lipinski definition) is 2. The molecule has 1 aliphatic carbocycles. The maximum absolute atomic E-state index is 8.64. The first-order valence-corrected chi connectivity index (χ1v) is 13.8. The molecule has 0 unspecified atom stereocenters. The maximum atomic E-state index is 8.64. The lowest BCUT2D eigenvalue weighted by Gasteiger charge is -2.16. The number of rotatable bonds is 3. The van der Waals surface area contributed by atoms with Gasteiger partial charge in [0.1, 0.15) is 0 Å². The molecule has 0 spiro atoms. The minimum atomic E-state index is 0.206. The smallest absolute Gasteiger partial charge is 0.164 e. The second kappa shape index (κ2) is 9.39. The number of aromatic nitrogens is 3. The van der Waals surface area contributed by atoms with E-state index in [4.69, 9.17) is 25.8 Å². The Hall–Kier alpha value is -5.81. The highest BCUT2D eigenvalue weighted by atomic mass is 15.0. The molecule has 0 saturated heterocycles. The molecule has 5 heteroatoms. The highest BCUT2D eigenvalue weighted by Gasteiger charge is 2.19. The third kappa shape index (κ3) is 3.99. The van der Waals surface area contributed by atoms with Crippen molar-refractivity contribution in [3.63, 3.8) is 0 Å². The molecule has 196 valence electrons. The molecule has 0 bridgehead atoms. The Kier molecular flexibility index (Phi) is 5.37. The molecule has 7 aromatic rings. The van der Waals surface area contributed by atoms with Gasteiger partial charge >= 0.3 is 0 Å². The molecule has 0 fully saturated rings. The van der Waals surface area contributed by atoms with E-state index in [1.54, 1.807) is 6.08 Å². The van der Waals surface area contributed by atoms with E-state index in [1.165, 1.54) is 0 Å². The molecule has 8 rings (SSSR count). The molecule has 0 aliphatic heterocycles. The molecule has 5 nitrogen and oxygen atoms in total. The van der Waals surface area contributed by atoms with Gasteiger partial charge in [-0.15, -0.1) is 0 Å². The third-order valence-corrected chi connectivity index (χ3v) is 7.91. The van der Waals surface area contributed by atoms with Gasteiger partial charge in [0.2, 0.25) is 0 Å². The summed E-state index contributed by atoms with van der Waals surface area (Å²) < 4.78 is 0. The predicted molar refractivity (Wildman–Crippen MR) is 172 cm³/mol. The van der Waals surface area contributed by atoms with Crippen LogP contribution in [0.4, 0.5) is 0 Å². The van der Waals surface area contributed by atoms with Crippen LogP contribution in [0.15, 0.2) is 121 Å². The number of hydrogen-bond acceptors (Lipinski definition) is 5. The van der Waals surface area contributed by atoms with Crippen LogP contribution >= 0.6 is 0 Å². The van der Waals surface area contributed by atoms with E-state index in [9.17, 15) is 0 Å². The second-order valence-electron chi connectivity index (χ2n) is 10.5. The number of allylic oxidation sites excluding steroid dienone is 1. The minimum Gasteiger partial charge on any atom is -0.299 e. The van der Waals surface area contributed by atoms with Crippen molar-refractivity contribution < 1.29 is 0 Å². The van der Waals surface area contributed by atoms with Crippen LogP contribution in [0.25, 0.3) is 72.6 Å². The fourth-order valence-electron chi connectivity index (χ4n) is 5.70. The van der Waals surface area contributed by atoms with Gasteiger partial charge in [-0.1, -0.05) is 103 Å². The molecule has 1 heterocycles. The summed E-state index contributed by atoms with van der Waals surface area (Å²) in [6.45, 7) is 0. The largest absolute Gasteiger partial charge is 0.299 e. The van der Waals surface area contributed by atoms with Crippen LogP contribution in [-0.2, 0) is 0 Å². The van der Waals surface area contributed by atoms with Gasteiger partial charge in [0.05, 0.1) is 11.4 Å². The van der Waals surface area contributed by atoms with Gasteiger partial charge in [-0.3, -0.25) is 10.8 Å². The number of nitrogens with one attached hydrogen (secondary N) is 2. The quantitative estimate of drug-likeness (QED) is 0.236. The lowest BCUT2D eigenvalue weighted by molar-refractivity contribution is 1.08. The Morgan fingerprint density at radius 2 is 0.905 bits per heavy atom. The molecule has 6 aromatic carbocycles. The Labute approximate surface area is 241 Å². The van der Waals surface area contributed by atoms with Gasteiger partial charge in [-0.2, -0.15) is 0 Å². The normalized spacial score (nSPS) is 12.8. The highest BCUT2D eigenvalue weighted by molar-refractivity contribution is 6.53. The van der Waals surface area contributed by atoms with Crippen LogP contribution in [0, 0.1) is 10.8 Å². The third-order valence-electron chi connectivity index (χ3n) is 7.91. The number of nitrogens with zero attached hydrogens (tertiary/aromatic N) is 3. The molecular formula is C37H23N5. The first-order chi connectivity index (χ1) is 20.6. The average molecular weight is 538 g/mol. The lowest BCUT2D eigenvalue weighted by Crippen LogP contribution is -2.16. The van der Waals surface area contributed by atoms with Gasteiger partial charge in [0.15, 0.2) is 17.5 Å². The van der Waals surface area contributed by atoms with E-state index in [1.807, 2.05) is 54.6 Å². The van der Waals surface area contributed by atoms with Crippen LogP contribution in [0.5, 0.6) is 0 Å². The summed E-state index contributed by atoms with van der Waals surface area (Å²) in [6.07, 6.45) is 3.58. The molecule has 0 atom stereocenters. The van der Waals surface area contributed by atoms with Gasteiger partial charge in [-0.25, -0.2) is 15.0 Å². The van der Waals surface area contributed by atoms with Gasteiger partial charge < -0.3 is 0 Å². The topological polar surface area (TPSA) is 86.4 Å². The van der Waals surface area contributed by atoms with Crippen molar-refractivity contribution in [1.82, 2.24) is 15.0 Å². The Morgan fingerprint density at radius 3 is 1.48 bits per heavy atom. The molecule has 1 aromatic heterocycles. The van der Waals surface area contributed by atoms with Crippen LogP contribution in [0.3, 0.4) is 0 Å². The molecule has 42 heavy (non-hydrogen) atoms. The molecule has 0 saturated carbocycles. The Balaban J connectivity index is 1.35. The van der Waals surface area contributed by atoms with Gasteiger partial charge in [-0.05, 0) is 62.2 Å². The van der Waals surface area contributed by atoms with Gasteiger partial charge in [0.25, 0.3) is 0 Å². The lowest BCUT2D eigenvalue weighted by atomic mass is 9.88. The highest BCUT2D eigenvalue weighted by Crippen LogP contribution is 2.32. The van der Waals surface area contributed by atoms with Crippen molar-refractivity contribution in [1.29, 1.82) is 10.8 Å². The van der Waals surface area contributed by atoms with E-state index in [0.29, 0.717) is 17.5 Å². The summed E-state index contributed by atoms with van der Waals surface area (Å²) >= 11 is 0. The van der Waals surface area contributed by atoms with Crippen molar-refractivity contribution in [3.05, 3.63) is 132 Å². The second-order valence-corrected chi connectivity index (χ2v) is 10.5. The molecule has 2 N–H and O–H groups in total. The number of fused-ring (bicyclic) bond motifs is 5. The first kappa shape index (κ1) is 24.0. The van der Waals surface area contributed by atoms with Crippen molar-refractivity contribution in [2.75, 3.05) is 0 Å². The zero-order chi connectivity index (χ0) is 28.2. The van der Waals surface area contributed by atoms with E-state index < -0.39 is 0 Å². The summed E-state index contributed by atoms with van der Waals surface area (Å²) in [6, 6.07) is 39.2. The fraction of sp³-hybridized carbons (Fsp3) is 0. The minimum absolute atomic E-state index is 0.206. The van der Waals surface area contributed by atoms with Crippen molar-refractivity contribution in [2.45, 2.75) is 0 Å². The van der Waals surface area contributed by atoms with Crippen molar-refractivity contribution >= 4 is 49.8 Å². The summed E-state index contributed by atoms with van der Waals surface area (Å²) in [5.41, 5.74) is 4.79. The van der Waals surface area contributed by atoms with E-state index in [-0.39, 0.29) is 11.4 Å². The van der Waals surface area contributed by atoms with E-state index >= 15 is 0 Å². The monoisotopic (exact) mass is 537 g/mol. The Morgan fingerprint density at radius 1 is 0.429 bits per heavy atom. The van der Waals surface area contributed by atoms with Crippen molar-refractivity contribution in [2.24, 2.45) is 0 Å². The van der Waals surface area contributed by atoms with Crippen molar-refractivity contribution in [3.8, 4) is 34.2 Å². The zero-order valence-electron chi connectivity index (χ0n) is 22.5.